The Morgan fingerprint density at radius 3 is 2.71 bits per heavy atom. The minimum absolute atomic E-state index is 0.0951. The zero-order valence-electron chi connectivity index (χ0n) is 9.86. The second-order valence-electron chi connectivity index (χ2n) is 3.83. The molecule has 0 spiro atoms. The largest absolute Gasteiger partial charge is 0.342 e. The molecular formula is C13H16BrNO2. The maximum atomic E-state index is 12.1. The quantitative estimate of drug-likeness (QED) is 0.460. The van der Waals surface area contributed by atoms with Crippen LogP contribution in [0.3, 0.4) is 0 Å². The molecule has 4 heteroatoms. The van der Waals surface area contributed by atoms with Crippen LogP contribution in [0.5, 0.6) is 0 Å². The van der Waals surface area contributed by atoms with Crippen molar-refractivity contribution in [3.8, 4) is 0 Å². The molecule has 1 rings (SSSR count). The fourth-order valence-corrected chi connectivity index (χ4v) is 1.94. The van der Waals surface area contributed by atoms with E-state index in [4.69, 9.17) is 0 Å². The molecule has 0 radical (unpaired) electrons. The Bertz CT molecular complexity index is 393. The van der Waals surface area contributed by atoms with E-state index in [1.165, 1.54) is 0 Å². The molecule has 0 bridgehead atoms. The molecule has 0 saturated heterocycles. The van der Waals surface area contributed by atoms with Crippen LogP contribution in [0.2, 0.25) is 0 Å². The van der Waals surface area contributed by atoms with Crippen molar-refractivity contribution >= 4 is 28.1 Å². The van der Waals surface area contributed by atoms with E-state index in [-0.39, 0.29) is 5.91 Å². The van der Waals surface area contributed by atoms with Crippen LogP contribution in [-0.2, 0) is 0 Å². The van der Waals surface area contributed by atoms with Gasteiger partial charge in [0.25, 0.3) is 5.91 Å². The Morgan fingerprint density at radius 1 is 1.35 bits per heavy atom. The number of hydrogen-bond donors (Lipinski definition) is 0. The van der Waals surface area contributed by atoms with Gasteiger partial charge >= 0.3 is 0 Å². The third kappa shape index (κ3) is 3.97. The van der Waals surface area contributed by atoms with Gasteiger partial charge in [0.05, 0.1) is 5.56 Å². The maximum Gasteiger partial charge on any atom is 0.254 e. The number of unbranched alkanes of at least 4 members (excludes halogenated alkanes) is 1. The van der Waals surface area contributed by atoms with Crippen molar-refractivity contribution in [1.82, 2.24) is 4.90 Å². The summed E-state index contributed by atoms with van der Waals surface area (Å²) in [6.07, 6.45) is 2.71. The summed E-state index contributed by atoms with van der Waals surface area (Å²) in [4.78, 5) is 24.6. The normalized spacial score (nSPS) is 10.0. The topological polar surface area (TPSA) is 37.4 Å². The fourth-order valence-electron chi connectivity index (χ4n) is 1.55. The summed E-state index contributed by atoms with van der Waals surface area (Å²) in [6.45, 7) is 0.706. The maximum absolute atomic E-state index is 12.1. The standard InChI is InChI=1S/C13H16BrNO2/c1-15(9-5-4-8-14)13(17)12-7-3-2-6-11(12)10-16/h2-3,6-7,10H,4-5,8-9H2,1H3. The molecule has 3 nitrogen and oxygen atoms in total. The third-order valence-corrected chi connectivity index (χ3v) is 3.10. The molecule has 0 saturated carbocycles. The molecule has 1 aromatic carbocycles. The van der Waals surface area contributed by atoms with Crippen LogP contribution in [0.1, 0.15) is 33.6 Å². The first-order valence-electron chi connectivity index (χ1n) is 5.56. The number of hydrogen-bond acceptors (Lipinski definition) is 2. The summed E-state index contributed by atoms with van der Waals surface area (Å²) < 4.78 is 0. The van der Waals surface area contributed by atoms with Crippen LogP contribution < -0.4 is 0 Å². The molecule has 1 amide bonds. The van der Waals surface area contributed by atoms with E-state index in [0.717, 1.165) is 24.5 Å². The van der Waals surface area contributed by atoms with Crippen molar-refractivity contribution in [1.29, 1.82) is 0 Å². The molecule has 0 aliphatic heterocycles. The number of carbonyl (C=O) groups excluding carboxylic acids is 2. The molecule has 17 heavy (non-hydrogen) atoms. The number of aldehydes is 1. The van der Waals surface area contributed by atoms with E-state index < -0.39 is 0 Å². The van der Waals surface area contributed by atoms with E-state index in [2.05, 4.69) is 15.9 Å². The van der Waals surface area contributed by atoms with Gasteiger partial charge in [-0.15, -0.1) is 0 Å². The average Bonchev–Trinajstić information content (AvgIpc) is 2.38. The van der Waals surface area contributed by atoms with E-state index in [9.17, 15) is 9.59 Å². The lowest BCUT2D eigenvalue weighted by Gasteiger charge is -2.17. The van der Waals surface area contributed by atoms with Gasteiger partial charge in [-0.1, -0.05) is 34.1 Å². The molecule has 0 atom stereocenters. The Kier molecular flexibility index (Phi) is 5.91. The van der Waals surface area contributed by atoms with Crippen LogP contribution in [-0.4, -0.2) is 36.0 Å². The van der Waals surface area contributed by atoms with E-state index in [1.54, 1.807) is 36.2 Å². The third-order valence-electron chi connectivity index (χ3n) is 2.54. The highest BCUT2D eigenvalue weighted by Crippen LogP contribution is 2.09. The SMILES string of the molecule is CN(CCCCBr)C(=O)c1ccccc1C=O. The number of nitrogens with zero attached hydrogens (tertiary/aromatic N) is 1. The first-order valence-corrected chi connectivity index (χ1v) is 6.68. The van der Waals surface area contributed by atoms with Gasteiger partial charge < -0.3 is 4.90 Å². The van der Waals surface area contributed by atoms with E-state index in [0.29, 0.717) is 17.7 Å². The van der Waals surface area contributed by atoms with Gasteiger partial charge in [-0.25, -0.2) is 0 Å². The molecule has 0 heterocycles. The van der Waals surface area contributed by atoms with Crippen LogP contribution in [0.15, 0.2) is 24.3 Å². The smallest absolute Gasteiger partial charge is 0.254 e. The Morgan fingerprint density at radius 2 is 2.06 bits per heavy atom. The number of benzene rings is 1. The summed E-state index contributed by atoms with van der Waals surface area (Å²) in [5.41, 5.74) is 0.925. The zero-order valence-corrected chi connectivity index (χ0v) is 11.4. The monoisotopic (exact) mass is 297 g/mol. The van der Waals surface area contributed by atoms with Crippen LogP contribution in [0.4, 0.5) is 0 Å². The number of rotatable bonds is 6. The van der Waals surface area contributed by atoms with E-state index >= 15 is 0 Å². The molecule has 0 fully saturated rings. The highest BCUT2D eigenvalue weighted by molar-refractivity contribution is 9.09. The van der Waals surface area contributed by atoms with E-state index in [1.807, 2.05) is 0 Å². The molecule has 0 aliphatic carbocycles. The predicted octanol–water partition coefficient (Wildman–Crippen LogP) is 2.75. The number of carbonyl (C=O) groups is 2. The number of halogens is 1. The lowest BCUT2D eigenvalue weighted by atomic mass is 10.1. The van der Waals surface area contributed by atoms with Gasteiger partial charge in [0.15, 0.2) is 6.29 Å². The van der Waals surface area contributed by atoms with Crippen LogP contribution in [0, 0.1) is 0 Å². The van der Waals surface area contributed by atoms with Crippen molar-refractivity contribution in [3.05, 3.63) is 35.4 Å². The molecule has 0 aliphatic rings. The number of alkyl halides is 1. The molecule has 0 N–H and O–H groups in total. The summed E-state index contributed by atoms with van der Waals surface area (Å²) in [7, 11) is 1.76. The highest BCUT2D eigenvalue weighted by Gasteiger charge is 2.14. The second kappa shape index (κ2) is 7.22. The Balaban J connectivity index is 2.71. The molecule has 0 unspecified atom stereocenters. The fraction of sp³-hybridized carbons (Fsp3) is 0.385. The average molecular weight is 298 g/mol. The van der Waals surface area contributed by atoms with Crippen LogP contribution >= 0.6 is 15.9 Å². The molecule has 0 aromatic heterocycles. The summed E-state index contributed by atoms with van der Waals surface area (Å²) in [5, 5.41) is 0.944. The van der Waals surface area contributed by atoms with Gasteiger partial charge in [-0.05, 0) is 18.9 Å². The Labute approximate surface area is 110 Å². The summed E-state index contributed by atoms with van der Waals surface area (Å²) >= 11 is 3.35. The minimum Gasteiger partial charge on any atom is -0.342 e. The minimum atomic E-state index is -0.0951. The predicted molar refractivity (Wildman–Crippen MR) is 71.8 cm³/mol. The number of amides is 1. The lowest BCUT2D eigenvalue weighted by molar-refractivity contribution is 0.0790. The van der Waals surface area contributed by atoms with Gasteiger partial charge in [0.2, 0.25) is 0 Å². The molecular weight excluding hydrogens is 282 g/mol. The Hall–Kier alpha value is -1.16. The van der Waals surface area contributed by atoms with Crippen molar-refractivity contribution in [2.24, 2.45) is 0 Å². The van der Waals surface area contributed by atoms with Crippen molar-refractivity contribution in [2.75, 3.05) is 18.9 Å². The summed E-state index contributed by atoms with van der Waals surface area (Å²) in [6, 6.07) is 6.87. The van der Waals surface area contributed by atoms with Crippen molar-refractivity contribution < 1.29 is 9.59 Å². The van der Waals surface area contributed by atoms with Crippen LogP contribution in [0.25, 0.3) is 0 Å². The molecule has 1 aromatic rings. The highest BCUT2D eigenvalue weighted by atomic mass is 79.9. The van der Waals surface area contributed by atoms with Gasteiger partial charge in [0.1, 0.15) is 0 Å². The first kappa shape index (κ1) is 13.9. The first-order chi connectivity index (χ1) is 8.20. The van der Waals surface area contributed by atoms with Gasteiger partial charge in [-0.2, -0.15) is 0 Å². The lowest BCUT2D eigenvalue weighted by Crippen LogP contribution is -2.28. The van der Waals surface area contributed by atoms with Crippen molar-refractivity contribution in [2.45, 2.75) is 12.8 Å². The molecule has 92 valence electrons. The van der Waals surface area contributed by atoms with Gasteiger partial charge in [-0.3, -0.25) is 9.59 Å². The summed E-state index contributed by atoms with van der Waals surface area (Å²) in [5.74, 6) is -0.0951. The van der Waals surface area contributed by atoms with Crippen molar-refractivity contribution in [3.63, 3.8) is 0 Å². The second-order valence-corrected chi connectivity index (χ2v) is 4.62. The van der Waals surface area contributed by atoms with Gasteiger partial charge in [0, 0.05) is 24.5 Å². The zero-order chi connectivity index (χ0) is 12.7.